The zero-order chi connectivity index (χ0) is 18.8. The number of aromatic nitrogens is 3. The Morgan fingerprint density at radius 1 is 1.30 bits per heavy atom. The summed E-state index contributed by atoms with van der Waals surface area (Å²) in [4.78, 5) is 20.9. The predicted octanol–water partition coefficient (Wildman–Crippen LogP) is 3.81. The molecule has 1 atom stereocenters. The van der Waals surface area contributed by atoms with Crippen molar-refractivity contribution in [2.75, 3.05) is 5.32 Å². The predicted molar refractivity (Wildman–Crippen MR) is 101 cm³/mol. The Labute approximate surface area is 157 Å². The number of pyridine rings is 1. The molecule has 7 nitrogen and oxygen atoms in total. The number of benzene rings is 1. The highest BCUT2D eigenvalue weighted by Gasteiger charge is 2.25. The lowest BCUT2D eigenvalue weighted by Crippen LogP contribution is -2.31. The molecule has 27 heavy (non-hydrogen) atoms. The number of aryl methyl sites for hydroxylation is 3. The average Bonchev–Trinajstić information content (AvgIpc) is 3.28. The highest BCUT2D eigenvalue weighted by atomic mass is 16.5. The highest BCUT2D eigenvalue weighted by molar-refractivity contribution is 5.88. The minimum absolute atomic E-state index is 0.0182. The largest absolute Gasteiger partial charge is 0.339 e. The second kappa shape index (κ2) is 7.19. The van der Waals surface area contributed by atoms with E-state index in [1.54, 1.807) is 6.20 Å². The molecule has 0 unspecified atom stereocenters. The number of anilines is 1. The monoisotopic (exact) mass is 363 g/mol. The van der Waals surface area contributed by atoms with Crippen molar-refractivity contribution in [1.82, 2.24) is 20.4 Å². The Morgan fingerprint density at radius 3 is 2.96 bits per heavy atom. The number of carbonyl (C=O) groups is 1. The lowest BCUT2D eigenvalue weighted by atomic mass is 10.0. The average molecular weight is 363 g/mol. The van der Waals surface area contributed by atoms with Crippen molar-refractivity contribution in [3.63, 3.8) is 0 Å². The number of urea groups is 1. The second-order valence-corrected chi connectivity index (χ2v) is 6.69. The van der Waals surface area contributed by atoms with E-state index in [9.17, 15) is 4.79 Å². The molecule has 1 aromatic carbocycles. The Balaban J connectivity index is 1.46. The molecule has 2 aromatic heterocycles. The van der Waals surface area contributed by atoms with Crippen LogP contribution in [0.15, 0.2) is 41.1 Å². The minimum Gasteiger partial charge on any atom is -0.339 e. The molecule has 0 spiro atoms. The Kier molecular flexibility index (Phi) is 4.58. The van der Waals surface area contributed by atoms with Gasteiger partial charge in [-0.05, 0) is 54.7 Å². The van der Waals surface area contributed by atoms with Crippen LogP contribution in [0.4, 0.5) is 10.6 Å². The summed E-state index contributed by atoms with van der Waals surface area (Å²) >= 11 is 0. The smallest absolute Gasteiger partial charge is 0.320 e. The van der Waals surface area contributed by atoms with Gasteiger partial charge in [0.2, 0.25) is 11.7 Å². The van der Waals surface area contributed by atoms with Gasteiger partial charge in [0, 0.05) is 18.2 Å². The van der Waals surface area contributed by atoms with Crippen molar-refractivity contribution in [3.05, 3.63) is 59.1 Å². The molecule has 0 aliphatic heterocycles. The van der Waals surface area contributed by atoms with Gasteiger partial charge in [-0.25, -0.2) is 9.78 Å². The van der Waals surface area contributed by atoms with Gasteiger partial charge in [-0.2, -0.15) is 4.98 Å². The lowest BCUT2D eigenvalue weighted by Gasteiger charge is -2.15. The molecule has 2 amide bonds. The number of rotatable bonds is 4. The fourth-order valence-corrected chi connectivity index (χ4v) is 3.34. The second-order valence-electron chi connectivity index (χ2n) is 6.69. The third-order valence-electron chi connectivity index (χ3n) is 4.71. The van der Waals surface area contributed by atoms with Crippen LogP contribution in [0.1, 0.15) is 42.0 Å². The Hall–Kier alpha value is -3.22. The molecular weight excluding hydrogens is 342 g/mol. The van der Waals surface area contributed by atoms with Crippen molar-refractivity contribution in [3.8, 4) is 11.4 Å². The molecule has 0 fully saturated rings. The van der Waals surface area contributed by atoms with Crippen LogP contribution in [0, 0.1) is 6.92 Å². The van der Waals surface area contributed by atoms with E-state index in [0.717, 1.165) is 36.0 Å². The lowest BCUT2D eigenvalue weighted by molar-refractivity contribution is 0.248. The SMILES string of the molecule is CCc1nc(-c2ccc3c(c2)CC[C@H]3NC(=O)Nc2cc(C)ccn2)no1. The van der Waals surface area contributed by atoms with Gasteiger partial charge in [0.1, 0.15) is 5.82 Å². The number of nitrogens with one attached hydrogen (secondary N) is 2. The molecule has 0 saturated heterocycles. The molecule has 3 aromatic rings. The van der Waals surface area contributed by atoms with Gasteiger partial charge >= 0.3 is 6.03 Å². The van der Waals surface area contributed by atoms with E-state index in [2.05, 4.69) is 31.8 Å². The fraction of sp³-hybridized carbons (Fsp3) is 0.300. The van der Waals surface area contributed by atoms with Crippen LogP contribution in [-0.2, 0) is 12.8 Å². The molecule has 138 valence electrons. The van der Waals surface area contributed by atoms with E-state index < -0.39 is 0 Å². The van der Waals surface area contributed by atoms with Crippen LogP contribution in [0.5, 0.6) is 0 Å². The van der Waals surface area contributed by atoms with Crippen molar-refractivity contribution in [1.29, 1.82) is 0 Å². The van der Waals surface area contributed by atoms with E-state index in [1.807, 2.05) is 38.1 Å². The van der Waals surface area contributed by atoms with Crippen LogP contribution < -0.4 is 10.6 Å². The van der Waals surface area contributed by atoms with Gasteiger partial charge in [-0.1, -0.05) is 24.2 Å². The van der Waals surface area contributed by atoms with Gasteiger partial charge < -0.3 is 9.84 Å². The molecule has 2 N–H and O–H groups in total. The topological polar surface area (TPSA) is 92.9 Å². The maximum atomic E-state index is 12.3. The summed E-state index contributed by atoms with van der Waals surface area (Å²) < 4.78 is 5.19. The molecule has 0 bridgehead atoms. The number of carbonyl (C=O) groups excluding carboxylic acids is 1. The third kappa shape index (κ3) is 3.67. The molecule has 0 radical (unpaired) electrons. The van der Waals surface area contributed by atoms with Crippen LogP contribution in [0.3, 0.4) is 0 Å². The van der Waals surface area contributed by atoms with Crippen LogP contribution in [0.2, 0.25) is 0 Å². The van der Waals surface area contributed by atoms with E-state index in [1.165, 1.54) is 5.56 Å². The zero-order valence-electron chi connectivity index (χ0n) is 15.3. The van der Waals surface area contributed by atoms with Crippen molar-refractivity contribution >= 4 is 11.8 Å². The maximum absolute atomic E-state index is 12.3. The van der Waals surface area contributed by atoms with E-state index >= 15 is 0 Å². The Morgan fingerprint density at radius 2 is 2.19 bits per heavy atom. The number of hydrogen-bond donors (Lipinski definition) is 2. The van der Waals surface area contributed by atoms with Crippen LogP contribution in [0.25, 0.3) is 11.4 Å². The molecule has 4 rings (SSSR count). The first-order valence-electron chi connectivity index (χ1n) is 9.08. The first kappa shape index (κ1) is 17.2. The summed E-state index contributed by atoms with van der Waals surface area (Å²) in [5.74, 6) is 1.78. The highest BCUT2D eigenvalue weighted by Crippen LogP contribution is 2.33. The molecule has 1 aliphatic rings. The van der Waals surface area contributed by atoms with Gasteiger partial charge in [-0.3, -0.25) is 5.32 Å². The molecule has 2 heterocycles. The van der Waals surface area contributed by atoms with Crippen LogP contribution >= 0.6 is 0 Å². The summed E-state index contributed by atoms with van der Waals surface area (Å²) in [7, 11) is 0. The van der Waals surface area contributed by atoms with E-state index in [4.69, 9.17) is 4.52 Å². The molecule has 7 heteroatoms. The number of hydrogen-bond acceptors (Lipinski definition) is 5. The number of amides is 2. The minimum atomic E-state index is -0.249. The van der Waals surface area contributed by atoms with E-state index in [-0.39, 0.29) is 12.1 Å². The number of nitrogens with zero attached hydrogens (tertiary/aromatic N) is 3. The van der Waals surface area contributed by atoms with Gasteiger partial charge in [0.05, 0.1) is 6.04 Å². The summed E-state index contributed by atoms with van der Waals surface area (Å²) in [6, 6.07) is 9.56. The summed E-state index contributed by atoms with van der Waals surface area (Å²) in [6.07, 6.45) is 4.16. The van der Waals surface area contributed by atoms with Gasteiger partial charge in [0.15, 0.2) is 0 Å². The van der Waals surface area contributed by atoms with Crippen molar-refractivity contribution < 1.29 is 9.32 Å². The van der Waals surface area contributed by atoms with Crippen molar-refractivity contribution in [2.45, 2.75) is 39.2 Å². The van der Waals surface area contributed by atoms with Crippen molar-refractivity contribution in [2.24, 2.45) is 0 Å². The summed E-state index contributed by atoms with van der Waals surface area (Å²) in [5, 5.41) is 9.86. The zero-order valence-corrected chi connectivity index (χ0v) is 15.3. The fourth-order valence-electron chi connectivity index (χ4n) is 3.34. The van der Waals surface area contributed by atoms with Gasteiger partial charge in [-0.15, -0.1) is 0 Å². The van der Waals surface area contributed by atoms with E-state index in [0.29, 0.717) is 17.5 Å². The van der Waals surface area contributed by atoms with Crippen LogP contribution in [-0.4, -0.2) is 21.2 Å². The quantitative estimate of drug-likeness (QED) is 0.735. The van der Waals surface area contributed by atoms with Gasteiger partial charge in [0.25, 0.3) is 0 Å². The number of fused-ring (bicyclic) bond motifs is 1. The first-order chi connectivity index (χ1) is 13.1. The molecule has 1 aliphatic carbocycles. The summed E-state index contributed by atoms with van der Waals surface area (Å²) in [5.41, 5.74) is 4.32. The molecular formula is C20H21N5O2. The Bertz CT molecular complexity index is 982. The third-order valence-corrected chi connectivity index (χ3v) is 4.71. The maximum Gasteiger partial charge on any atom is 0.320 e. The molecule has 0 saturated carbocycles. The standard InChI is InChI=1S/C20H21N5O2/c1-3-18-24-19(25-27-18)14-4-6-15-13(11-14)5-7-16(15)22-20(26)23-17-10-12(2)8-9-21-17/h4,6,8-11,16H,3,5,7H2,1-2H3,(H2,21,22,23,26)/t16-/m1/s1. The normalized spacial score (nSPS) is 15.4. The summed E-state index contributed by atoms with van der Waals surface area (Å²) in [6.45, 7) is 3.94. The first-order valence-corrected chi connectivity index (χ1v) is 9.08.